The van der Waals surface area contributed by atoms with Gasteiger partial charge in [0, 0.05) is 45.4 Å². The normalized spacial score (nSPS) is 16.5. The Bertz CT molecular complexity index is 972. The van der Waals surface area contributed by atoms with Gasteiger partial charge in [-0.25, -0.2) is 0 Å². The number of aryl methyl sites for hydroxylation is 1. The highest BCUT2D eigenvalue weighted by molar-refractivity contribution is 5.93. The van der Waals surface area contributed by atoms with E-state index in [2.05, 4.69) is 15.3 Å². The second-order valence-electron chi connectivity index (χ2n) is 7.02. The molecule has 3 heterocycles. The fraction of sp³-hybridized carbons (Fsp3) is 0.450. The zero-order chi connectivity index (χ0) is 21.0. The van der Waals surface area contributed by atoms with Crippen LogP contribution in [0.2, 0.25) is 0 Å². The number of morpholine rings is 1. The molecule has 9 heteroatoms. The molecule has 2 aromatic heterocycles. The van der Waals surface area contributed by atoms with Crippen molar-refractivity contribution in [2.45, 2.75) is 26.4 Å². The highest BCUT2D eigenvalue weighted by Crippen LogP contribution is 2.20. The minimum absolute atomic E-state index is 0.00683. The molecule has 0 saturated carbocycles. The molecule has 1 unspecified atom stereocenters. The van der Waals surface area contributed by atoms with Crippen molar-refractivity contribution in [2.24, 2.45) is 7.05 Å². The van der Waals surface area contributed by atoms with Gasteiger partial charge in [-0.1, -0.05) is 0 Å². The van der Waals surface area contributed by atoms with E-state index in [4.69, 9.17) is 4.74 Å². The molecule has 1 aliphatic rings. The molecule has 9 nitrogen and oxygen atoms in total. The Morgan fingerprint density at radius 3 is 2.86 bits per heavy atom. The van der Waals surface area contributed by atoms with Crippen LogP contribution in [0.5, 0.6) is 0 Å². The molecule has 1 fully saturated rings. The van der Waals surface area contributed by atoms with E-state index in [0.717, 1.165) is 5.69 Å². The van der Waals surface area contributed by atoms with Crippen LogP contribution in [0.4, 0.5) is 0 Å². The molecule has 0 radical (unpaired) electrons. The lowest BCUT2D eigenvalue weighted by atomic mass is 10.2. The van der Waals surface area contributed by atoms with Gasteiger partial charge in [-0.2, -0.15) is 0 Å². The van der Waals surface area contributed by atoms with Crippen molar-refractivity contribution in [1.29, 1.82) is 0 Å². The van der Waals surface area contributed by atoms with Gasteiger partial charge in [0.25, 0.3) is 11.5 Å². The van der Waals surface area contributed by atoms with Crippen LogP contribution in [0, 0.1) is 6.92 Å². The number of amides is 2. The average Bonchev–Trinajstić information content (AvgIpc) is 2.72. The van der Waals surface area contributed by atoms with Crippen LogP contribution < -0.4 is 10.9 Å². The van der Waals surface area contributed by atoms with Gasteiger partial charge < -0.3 is 19.5 Å². The molecule has 154 valence electrons. The Morgan fingerprint density at radius 2 is 2.10 bits per heavy atom. The van der Waals surface area contributed by atoms with Crippen molar-refractivity contribution in [1.82, 2.24) is 24.8 Å². The first-order chi connectivity index (χ1) is 13.9. The number of aromatic nitrogens is 3. The number of carbonyl (C=O) groups excluding carboxylic acids is 2. The molecular formula is C20H25N5O4. The van der Waals surface area contributed by atoms with Gasteiger partial charge >= 0.3 is 0 Å². The van der Waals surface area contributed by atoms with Gasteiger partial charge in [0.05, 0.1) is 30.7 Å². The van der Waals surface area contributed by atoms with Crippen molar-refractivity contribution in [3.05, 3.63) is 57.5 Å². The maximum atomic E-state index is 12.3. The number of hydrogen-bond donors (Lipinski definition) is 1. The van der Waals surface area contributed by atoms with Gasteiger partial charge in [-0.3, -0.25) is 24.4 Å². The largest absolute Gasteiger partial charge is 0.368 e. The first kappa shape index (κ1) is 20.7. The van der Waals surface area contributed by atoms with Crippen LogP contribution in [0.25, 0.3) is 0 Å². The van der Waals surface area contributed by atoms with Crippen LogP contribution >= 0.6 is 0 Å². The standard InChI is InChI=1S/C20H25N5O4/c1-13-4-5-16(20(28)24(13)3)19(27)22-7-6-15-10-21-11-17(23-15)18-12-25(14(2)26)8-9-29-18/h4-5,10-11,18H,6-9,12H2,1-3H3,(H,22,27). The number of rotatable bonds is 5. The summed E-state index contributed by atoms with van der Waals surface area (Å²) in [7, 11) is 1.64. The fourth-order valence-electron chi connectivity index (χ4n) is 3.11. The Labute approximate surface area is 168 Å². The molecular weight excluding hydrogens is 374 g/mol. The molecule has 0 aliphatic carbocycles. The molecule has 3 rings (SSSR count). The van der Waals surface area contributed by atoms with Crippen LogP contribution in [-0.4, -0.2) is 57.5 Å². The predicted molar refractivity (Wildman–Crippen MR) is 105 cm³/mol. The number of ether oxygens (including phenoxy) is 1. The summed E-state index contributed by atoms with van der Waals surface area (Å²) in [5.41, 5.74) is 1.92. The Hall–Kier alpha value is -3.07. The number of nitrogens with one attached hydrogen (secondary N) is 1. The minimum Gasteiger partial charge on any atom is -0.368 e. The van der Waals surface area contributed by atoms with Crippen molar-refractivity contribution in [2.75, 3.05) is 26.2 Å². The molecule has 1 aliphatic heterocycles. The molecule has 0 spiro atoms. The summed E-state index contributed by atoms with van der Waals surface area (Å²) in [6.45, 7) is 5.14. The van der Waals surface area contributed by atoms with E-state index in [1.165, 1.54) is 17.6 Å². The first-order valence-electron chi connectivity index (χ1n) is 9.49. The van der Waals surface area contributed by atoms with E-state index >= 15 is 0 Å². The van der Waals surface area contributed by atoms with E-state index in [-0.39, 0.29) is 23.1 Å². The molecule has 2 amide bonds. The van der Waals surface area contributed by atoms with Gasteiger partial charge in [0.15, 0.2) is 0 Å². The zero-order valence-electron chi connectivity index (χ0n) is 16.8. The lowest BCUT2D eigenvalue weighted by Gasteiger charge is -2.31. The molecule has 0 aromatic carbocycles. The second-order valence-corrected chi connectivity index (χ2v) is 7.02. The molecule has 1 N–H and O–H groups in total. The van der Waals surface area contributed by atoms with Crippen molar-refractivity contribution < 1.29 is 14.3 Å². The monoisotopic (exact) mass is 399 g/mol. The zero-order valence-corrected chi connectivity index (χ0v) is 16.8. The SMILES string of the molecule is CC(=O)N1CCOC(c2cncc(CCNC(=O)c3ccc(C)n(C)c3=O)n2)C1. The van der Waals surface area contributed by atoms with E-state index in [0.29, 0.717) is 44.0 Å². The molecule has 2 aromatic rings. The Kier molecular flexibility index (Phi) is 6.38. The summed E-state index contributed by atoms with van der Waals surface area (Å²) < 4.78 is 7.17. The molecule has 1 saturated heterocycles. The number of hydrogen-bond acceptors (Lipinski definition) is 6. The van der Waals surface area contributed by atoms with E-state index in [9.17, 15) is 14.4 Å². The number of pyridine rings is 1. The Morgan fingerprint density at radius 1 is 1.31 bits per heavy atom. The summed E-state index contributed by atoms with van der Waals surface area (Å²) in [4.78, 5) is 46.6. The lowest BCUT2D eigenvalue weighted by molar-refractivity contribution is -0.136. The number of carbonyl (C=O) groups is 2. The van der Waals surface area contributed by atoms with Crippen molar-refractivity contribution in [3.63, 3.8) is 0 Å². The van der Waals surface area contributed by atoms with Crippen molar-refractivity contribution in [3.8, 4) is 0 Å². The third-order valence-electron chi connectivity index (χ3n) is 5.01. The molecule has 0 bridgehead atoms. The third kappa shape index (κ3) is 4.86. The quantitative estimate of drug-likeness (QED) is 0.779. The third-order valence-corrected chi connectivity index (χ3v) is 5.01. The lowest BCUT2D eigenvalue weighted by Crippen LogP contribution is -2.41. The van der Waals surface area contributed by atoms with E-state index in [1.54, 1.807) is 37.3 Å². The van der Waals surface area contributed by atoms with Crippen LogP contribution in [-0.2, 0) is 23.0 Å². The van der Waals surface area contributed by atoms with Crippen LogP contribution in [0.15, 0.2) is 29.3 Å². The summed E-state index contributed by atoms with van der Waals surface area (Å²) in [6, 6.07) is 3.27. The van der Waals surface area contributed by atoms with Crippen molar-refractivity contribution >= 4 is 11.8 Å². The predicted octanol–water partition coefficient (Wildman–Crippen LogP) is 0.376. The fourth-order valence-corrected chi connectivity index (χ4v) is 3.11. The molecule has 29 heavy (non-hydrogen) atoms. The van der Waals surface area contributed by atoms with Gasteiger partial charge in [-0.05, 0) is 19.1 Å². The van der Waals surface area contributed by atoms with Gasteiger partial charge in [0.1, 0.15) is 11.7 Å². The minimum atomic E-state index is -0.414. The van der Waals surface area contributed by atoms with Gasteiger partial charge in [-0.15, -0.1) is 0 Å². The second kappa shape index (κ2) is 8.95. The first-order valence-corrected chi connectivity index (χ1v) is 9.49. The van der Waals surface area contributed by atoms with E-state index < -0.39 is 5.91 Å². The average molecular weight is 399 g/mol. The number of nitrogens with zero attached hydrogens (tertiary/aromatic N) is 4. The summed E-state index contributed by atoms with van der Waals surface area (Å²) in [5.74, 6) is -0.408. The highest BCUT2D eigenvalue weighted by atomic mass is 16.5. The summed E-state index contributed by atoms with van der Waals surface area (Å²) in [6.07, 6.45) is 3.41. The maximum Gasteiger partial charge on any atom is 0.263 e. The summed E-state index contributed by atoms with van der Waals surface area (Å²) in [5, 5.41) is 2.75. The summed E-state index contributed by atoms with van der Waals surface area (Å²) >= 11 is 0. The van der Waals surface area contributed by atoms with Gasteiger partial charge in [0.2, 0.25) is 5.91 Å². The smallest absolute Gasteiger partial charge is 0.263 e. The van der Waals surface area contributed by atoms with E-state index in [1.807, 2.05) is 0 Å². The van der Waals surface area contributed by atoms with Crippen LogP contribution in [0.3, 0.4) is 0 Å². The molecule has 1 atom stereocenters. The topological polar surface area (TPSA) is 106 Å². The highest BCUT2D eigenvalue weighted by Gasteiger charge is 2.25. The maximum absolute atomic E-state index is 12.3. The van der Waals surface area contributed by atoms with Crippen LogP contribution in [0.1, 0.15) is 40.5 Å². The Balaban J connectivity index is 1.60.